The summed E-state index contributed by atoms with van der Waals surface area (Å²) in [6, 6.07) is 6.29. The van der Waals surface area contributed by atoms with Crippen molar-refractivity contribution in [1.29, 1.82) is 0 Å². The molecule has 0 aromatic heterocycles. The van der Waals surface area contributed by atoms with Crippen molar-refractivity contribution in [3.63, 3.8) is 0 Å². The Morgan fingerprint density at radius 3 is 2.52 bits per heavy atom. The highest BCUT2D eigenvalue weighted by molar-refractivity contribution is 5.93. The Morgan fingerprint density at radius 2 is 1.92 bits per heavy atom. The van der Waals surface area contributed by atoms with Gasteiger partial charge >= 0.3 is 0 Å². The van der Waals surface area contributed by atoms with Crippen molar-refractivity contribution >= 4 is 11.6 Å². The highest BCUT2D eigenvalue weighted by Gasteiger charge is 2.31. The predicted molar refractivity (Wildman–Crippen MR) is 101 cm³/mol. The van der Waals surface area contributed by atoms with Crippen molar-refractivity contribution in [2.24, 2.45) is 4.99 Å². The lowest BCUT2D eigenvalue weighted by atomic mass is 10.1. The first-order valence-corrected chi connectivity index (χ1v) is 8.97. The molecule has 1 aromatic rings. The third kappa shape index (κ3) is 4.35. The number of fused-ring (bicyclic) bond motifs is 3. The summed E-state index contributed by atoms with van der Waals surface area (Å²) in [5.41, 5.74) is 0.923. The second-order valence-corrected chi connectivity index (χ2v) is 6.40. The molecule has 7 heteroatoms. The fourth-order valence-electron chi connectivity index (χ4n) is 3.45. The maximum Gasteiger partial charge on any atom is 0.195 e. The molecular weight excluding hydrogens is 318 g/mol. The lowest BCUT2D eigenvalue weighted by molar-refractivity contribution is 0.0174. The lowest BCUT2D eigenvalue weighted by Gasteiger charge is -2.47. The summed E-state index contributed by atoms with van der Waals surface area (Å²) >= 11 is 0. The van der Waals surface area contributed by atoms with Crippen LogP contribution in [0.1, 0.15) is 6.92 Å². The van der Waals surface area contributed by atoms with E-state index >= 15 is 0 Å². The minimum absolute atomic E-state index is 0.517. The first kappa shape index (κ1) is 17.8. The maximum absolute atomic E-state index is 5.37. The number of hydrogen-bond donors (Lipinski definition) is 2. The number of aliphatic imine (C=N–C) groups is 1. The third-order valence-corrected chi connectivity index (χ3v) is 4.84. The number of ether oxygens (including phenoxy) is 2. The van der Waals surface area contributed by atoms with Gasteiger partial charge in [-0.15, -0.1) is 0 Å². The molecule has 1 unspecified atom stereocenters. The number of piperazine rings is 3. The highest BCUT2D eigenvalue weighted by atomic mass is 16.5. The van der Waals surface area contributed by atoms with E-state index in [1.165, 1.54) is 26.2 Å². The van der Waals surface area contributed by atoms with Gasteiger partial charge in [0.25, 0.3) is 0 Å². The maximum atomic E-state index is 5.37. The van der Waals surface area contributed by atoms with Crippen molar-refractivity contribution in [1.82, 2.24) is 15.1 Å². The quantitative estimate of drug-likeness (QED) is 0.593. The van der Waals surface area contributed by atoms with E-state index in [0.29, 0.717) is 11.8 Å². The van der Waals surface area contributed by atoms with Crippen molar-refractivity contribution in [2.45, 2.75) is 13.0 Å². The second kappa shape index (κ2) is 8.40. The normalized spacial score (nSPS) is 25.6. The largest absolute Gasteiger partial charge is 0.493 e. The second-order valence-electron chi connectivity index (χ2n) is 6.40. The fraction of sp³-hybridized carbons (Fsp3) is 0.611. The van der Waals surface area contributed by atoms with Crippen molar-refractivity contribution in [3.05, 3.63) is 18.2 Å². The third-order valence-electron chi connectivity index (χ3n) is 4.84. The van der Waals surface area contributed by atoms with Crippen LogP contribution in [-0.2, 0) is 0 Å². The summed E-state index contributed by atoms with van der Waals surface area (Å²) < 4.78 is 10.7. The van der Waals surface area contributed by atoms with E-state index in [9.17, 15) is 0 Å². The van der Waals surface area contributed by atoms with Crippen LogP contribution in [0, 0.1) is 0 Å². The molecule has 0 amide bonds. The van der Waals surface area contributed by atoms with Gasteiger partial charge in [0.15, 0.2) is 17.5 Å². The molecule has 138 valence electrons. The van der Waals surface area contributed by atoms with Crippen LogP contribution in [0.2, 0.25) is 0 Å². The van der Waals surface area contributed by atoms with Gasteiger partial charge < -0.3 is 20.1 Å². The van der Waals surface area contributed by atoms with Gasteiger partial charge in [0.1, 0.15) is 0 Å². The van der Waals surface area contributed by atoms with Gasteiger partial charge in [-0.1, -0.05) is 0 Å². The average Bonchev–Trinajstić information content (AvgIpc) is 2.67. The molecule has 3 saturated heterocycles. The van der Waals surface area contributed by atoms with Gasteiger partial charge in [0.2, 0.25) is 0 Å². The number of nitrogens with zero attached hydrogens (tertiary/aromatic N) is 3. The standard InChI is InChI=1S/C18H29N5O2/c1-4-19-18(20-12-15-13-22-7-9-23(15)10-8-22)21-14-5-6-16(24-2)17(11-14)25-3/h5-6,11,15H,4,7-10,12-13H2,1-3H3,(H2,19,20,21). The van der Waals surface area contributed by atoms with Crippen molar-refractivity contribution in [2.75, 3.05) is 65.3 Å². The van der Waals surface area contributed by atoms with Crippen LogP contribution in [-0.4, -0.2) is 81.8 Å². The summed E-state index contributed by atoms with van der Waals surface area (Å²) in [6.07, 6.45) is 0. The monoisotopic (exact) mass is 347 g/mol. The molecule has 0 saturated carbocycles. The number of nitrogens with one attached hydrogen (secondary N) is 2. The number of anilines is 1. The van der Waals surface area contributed by atoms with Crippen LogP contribution in [0.5, 0.6) is 11.5 Å². The average molecular weight is 347 g/mol. The summed E-state index contributed by atoms with van der Waals surface area (Å²) in [5, 5.41) is 6.68. The fourth-order valence-corrected chi connectivity index (χ4v) is 3.45. The van der Waals surface area contributed by atoms with E-state index in [-0.39, 0.29) is 0 Å². The summed E-state index contributed by atoms with van der Waals surface area (Å²) in [5.74, 6) is 2.22. The zero-order chi connectivity index (χ0) is 17.6. The summed E-state index contributed by atoms with van der Waals surface area (Å²) in [7, 11) is 3.28. The molecule has 3 heterocycles. The highest BCUT2D eigenvalue weighted by Crippen LogP contribution is 2.29. The molecule has 2 N–H and O–H groups in total. The Labute approximate surface area is 150 Å². The summed E-state index contributed by atoms with van der Waals surface area (Å²) in [4.78, 5) is 9.90. The van der Waals surface area contributed by atoms with E-state index < -0.39 is 0 Å². The number of guanidine groups is 1. The van der Waals surface area contributed by atoms with Crippen LogP contribution in [0.3, 0.4) is 0 Å². The van der Waals surface area contributed by atoms with Gasteiger partial charge in [-0.05, 0) is 19.1 Å². The lowest BCUT2D eigenvalue weighted by Crippen LogP contribution is -2.61. The first-order chi connectivity index (χ1) is 12.2. The zero-order valence-corrected chi connectivity index (χ0v) is 15.4. The SMILES string of the molecule is CCNC(=NCC1CN2CCN1CC2)Nc1ccc(OC)c(OC)c1. The minimum Gasteiger partial charge on any atom is -0.493 e. The predicted octanol–water partition coefficient (Wildman–Crippen LogP) is 1.08. The van der Waals surface area contributed by atoms with Crippen LogP contribution in [0.4, 0.5) is 5.69 Å². The van der Waals surface area contributed by atoms with Crippen LogP contribution >= 0.6 is 0 Å². The van der Waals surface area contributed by atoms with Crippen molar-refractivity contribution in [3.8, 4) is 11.5 Å². The Kier molecular flexibility index (Phi) is 5.99. The van der Waals surface area contributed by atoms with Gasteiger partial charge in [0, 0.05) is 57.1 Å². The number of methoxy groups -OCH3 is 2. The van der Waals surface area contributed by atoms with Crippen LogP contribution in [0.15, 0.2) is 23.2 Å². The zero-order valence-electron chi connectivity index (χ0n) is 15.4. The van der Waals surface area contributed by atoms with Crippen LogP contribution < -0.4 is 20.1 Å². The number of hydrogen-bond acceptors (Lipinski definition) is 5. The molecule has 25 heavy (non-hydrogen) atoms. The summed E-state index contributed by atoms with van der Waals surface area (Å²) in [6.45, 7) is 9.55. The Bertz CT molecular complexity index is 599. The van der Waals surface area contributed by atoms with E-state index in [4.69, 9.17) is 14.5 Å². The molecule has 3 fully saturated rings. The molecule has 7 nitrogen and oxygen atoms in total. The van der Waals surface area contributed by atoms with Crippen molar-refractivity contribution < 1.29 is 9.47 Å². The molecule has 3 aliphatic rings. The minimum atomic E-state index is 0.517. The van der Waals surface area contributed by atoms with Gasteiger partial charge in [-0.3, -0.25) is 14.8 Å². The Balaban J connectivity index is 1.66. The molecule has 4 rings (SSSR count). The number of benzene rings is 1. The molecule has 0 spiro atoms. The molecule has 0 radical (unpaired) electrons. The Morgan fingerprint density at radius 1 is 1.16 bits per heavy atom. The van der Waals surface area contributed by atoms with E-state index in [1.54, 1.807) is 14.2 Å². The molecular formula is C18H29N5O2. The molecule has 0 aliphatic carbocycles. The van der Waals surface area contributed by atoms with Gasteiger partial charge in [0.05, 0.1) is 20.8 Å². The van der Waals surface area contributed by atoms with E-state index in [2.05, 4.69) is 27.4 Å². The van der Waals surface area contributed by atoms with Gasteiger partial charge in [-0.2, -0.15) is 0 Å². The smallest absolute Gasteiger partial charge is 0.195 e. The molecule has 3 aliphatic heterocycles. The van der Waals surface area contributed by atoms with Crippen LogP contribution in [0.25, 0.3) is 0 Å². The topological polar surface area (TPSA) is 61.4 Å². The Hall–Kier alpha value is -1.99. The number of rotatable bonds is 6. The molecule has 1 aromatic carbocycles. The molecule has 2 bridgehead atoms. The molecule has 1 atom stereocenters. The first-order valence-electron chi connectivity index (χ1n) is 8.97. The van der Waals surface area contributed by atoms with E-state index in [0.717, 1.165) is 37.0 Å². The van der Waals surface area contributed by atoms with E-state index in [1.807, 2.05) is 18.2 Å². The van der Waals surface area contributed by atoms with Gasteiger partial charge in [-0.25, -0.2) is 0 Å².